The van der Waals surface area contributed by atoms with Crippen LogP contribution in [0.1, 0.15) is 18.9 Å². The van der Waals surface area contributed by atoms with Crippen LogP contribution in [0.3, 0.4) is 0 Å². The molecule has 1 N–H and O–H groups in total. The van der Waals surface area contributed by atoms with E-state index < -0.39 is 10.0 Å². The van der Waals surface area contributed by atoms with Gasteiger partial charge in [0.15, 0.2) is 0 Å². The molecule has 136 valence electrons. The Morgan fingerprint density at radius 1 is 1.12 bits per heavy atom. The number of aryl methyl sites for hydroxylation is 1. The normalized spacial score (nSPS) is 11.3. The lowest BCUT2D eigenvalue weighted by molar-refractivity contribution is 0.322. The third-order valence-electron chi connectivity index (χ3n) is 3.56. The lowest BCUT2D eigenvalue weighted by Crippen LogP contribution is -2.28. The Labute approximate surface area is 157 Å². The van der Waals surface area contributed by atoms with Gasteiger partial charge in [-0.3, -0.25) is 0 Å². The number of methoxy groups -OCH3 is 1. The maximum atomic E-state index is 12.3. The molecule has 0 bridgehead atoms. The Balaban J connectivity index is 1.86. The molecule has 0 atom stereocenters. The molecule has 0 amide bonds. The molecule has 0 unspecified atom stereocenters. The summed E-state index contributed by atoms with van der Waals surface area (Å²) < 4.78 is 38.4. The van der Waals surface area contributed by atoms with Crippen LogP contribution in [0.25, 0.3) is 0 Å². The number of hydrogen-bond donors (Lipinski definition) is 1. The van der Waals surface area contributed by atoms with Crippen molar-refractivity contribution in [2.45, 2.75) is 24.7 Å². The van der Waals surface area contributed by atoms with E-state index in [0.717, 1.165) is 18.6 Å². The van der Waals surface area contributed by atoms with E-state index in [9.17, 15) is 8.42 Å². The van der Waals surface area contributed by atoms with Crippen molar-refractivity contribution in [1.82, 2.24) is 4.72 Å². The highest BCUT2D eigenvalue weighted by Gasteiger charge is 2.15. The molecule has 7 heteroatoms. The first-order valence-corrected chi connectivity index (χ1v) is 10.3. The Morgan fingerprint density at radius 3 is 2.44 bits per heavy atom. The van der Waals surface area contributed by atoms with Gasteiger partial charge in [0.1, 0.15) is 18.1 Å². The molecule has 2 aromatic rings. The molecule has 0 aliphatic carbocycles. The summed E-state index contributed by atoms with van der Waals surface area (Å²) >= 11 is 3.29. The van der Waals surface area contributed by atoms with E-state index in [1.807, 2.05) is 24.3 Å². The highest BCUT2D eigenvalue weighted by Crippen LogP contribution is 2.27. The molecule has 0 aromatic heterocycles. The van der Waals surface area contributed by atoms with Crippen molar-refractivity contribution in [3.05, 3.63) is 52.5 Å². The van der Waals surface area contributed by atoms with Gasteiger partial charge in [0.05, 0.1) is 16.5 Å². The number of sulfonamides is 1. The second-order valence-corrected chi connectivity index (χ2v) is 8.06. The summed E-state index contributed by atoms with van der Waals surface area (Å²) in [6.07, 6.45) is 2.14. The van der Waals surface area contributed by atoms with Gasteiger partial charge in [0, 0.05) is 6.54 Å². The average molecular weight is 428 g/mol. The largest absolute Gasteiger partial charge is 0.496 e. The molecule has 25 heavy (non-hydrogen) atoms. The first-order chi connectivity index (χ1) is 12.0. The number of benzene rings is 2. The van der Waals surface area contributed by atoms with Gasteiger partial charge in [-0.05, 0) is 58.2 Å². The van der Waals surface area contributed by atoms with E-state index in [0.29, 0.717) is 10.2 Å². The van der Waals surface area contributed by atoms with Gasteiger partial charge in [0.2, 0.25) is 10.0 Å². The van der Waals surface area contributed by atoms with Gasteiger partial charge in [-0.2, -0.15) is 0 Å². The molecule has 5 nitrogen and oxygen atoms in total. The van der Waals surface area contributed by atoms with Crippen LogP contribution in [0.2, 0.25) is 0 Å². The topological polar surface area (TPSA) is 64.6 Å². The Hall–Kier alpha value is -1.57. The smallest absolute Gasteiger partial charge is 0.240 e. The third kappa shape index (κ3) is 5.73. The van der Waals surface area contributed by atoms with Crippen molar-refractivity contribution in [3.63, 3.8) is 0 Å². The molecular weight excluding hydrogens is 406 g/mol. The molecule has 0 radical (unpaired) electrons. The lowest BCUT2D eigenvalue weighted by atomic mass is 10.1. The van der Waals surface area contributed by atoms with Crippen LogP contribution < -0.4 is 14.2 Å². The molecule has 0 aliphatic rings. The summed E-state index contributed by atoms with van der Waals surface area (Å²) in [6, 6.07) is 12.5. The summed E-state index contributed by atoms with van der Waals surface area (Å²) in [4.78, 5) is 0.170. The summed E-state index contributed by atoms with van der Waals surface area (Å²) in [5.74, 6) is 1.31. The quantitative estimate of drug-likeness (QED) is 0.618. The minimum Gasteiger partial charge on any atom is -0.496 e. The van der Waals surface area contributed by atoms with Crippen molar-refractivity contribution in [2.24, 2.45) is 0 Å². The highest BCUT2D eigenvalue weighted by molar-refractivity contribution is 9.10. The number of halogens is 1. The number of rotatable bonds is 9. The van der Waals surface area contributed by atoms with E-state index >= 15 is 0 Å². The molecule has 0 saturated carbocycles. The molecule has 0 saturated heterocycles. The SMILES string of the molecule is CCCc1ccc(OCCNS(=O)(=O)c2ccc(OC)c(Br)c2)cc1. The molecule has 2 rings (SSSR count). The molecule has 0 spiro atoms. The standard InChI is InChI=1S/C18H22BrNO4S/c1-3-4-14-5-7-15(8-6-14)24-12-11-20-25(21,22)16-9-10-18(23-2)17(19)13-16/h5-10,13,20H,3-4,11-12H2,1-2H3. The number of nitrogens with one attached hydrogen (secondary N) is 1. The Morgan fingerprint density at radius 2 is 1.84 bits per heavy atom. The summed E-state index contributed by atoms with van der Waals surface area (Å²) in [6.45, 7) is 2.57. The zero-order chi connectivity index (χ0) is 18.3. The first kappa shape index (κ1) is 19.8. The van der Waals surface area contributed by atoms with Crippen LogP contribution in [0.4, 0.5) is 0 Å². The van der Waals surface area contributed by atoms with Crippen molar-refractivity contribution in [3.8, 4) is 11.5 Å². The first-order valence-electron chi connectivity index (χ1n) is 8.01. The lowest BCUT2D eigenvalue weighted by Gasteiger charge is -2.10. The molecule has 0 aliphatic heterocycles. The van der Waals surface area contributed by atoms with E-state index in [2.05, 4.69) is 27.6 Å². The van der Waals surface area contributed by atoms with Gasteiger partial charge in [0.25, 0.3) is 0 Å². The fourth-order valence-corrected chi connectivity index (χ4v) is 4.01. The molecule has 0 heterocycles. The molecule has 2 aromatic carbocycles. The van der Waals surface area contributed by atoms with Crippen LogP contribution in [-0.2, 0) is 16.4 Å². The number of ether oxygens (including phenoxy) is 2. The average Bonchev–Trinajstić information content (AvgIpc) is 2.60. The predicted octanol–water partition coefficient (Wildman–Crippen LogP) is 3.77. The van der Waals surface area contributed by atoms with Gasteiger partial charge < -0.3 is 9.47 Å². The van der Waals surface area contributed by atoms with E-state index in [1.54, 1.807) is 6.07 Å². The van der Waals surface area contributed by atoms with Gasteiger partial charge in [-0.25, -0.2) is 13.1 Å². The van der Waals surface area contributed by atoms with Crippen LogP contribution in [-0.4, -0.2) is 28.7 Å². The van der Waals surface area contributed by atoms with Crippen LogP contribution in [0.15, 0.2) is 51.8 Å². The number of hydrogen-bond acceptors (Lipinski definition) is 4. The second kappa shape index (κ2) is 9.22. The van der Waals surface area contributed by atoms with Gasteiger partial charge in [-0.15, -0.1) is 0 Å². The van der Waals surface area contributed by atoms with E-state index in [-0.39, 0.29) is 18.0 Å². The molecular formula is C18H22BrNO4S. The minimum absolute atomic E-state index is 0.170. The van der Waals surface area contributed by atoms with E-state index in [4.69, 9.17) is 9.47 Å². The molecule has 0 fully saturated rings. The van der Waals surface area contributed by atoms with Crippen LogP contribution >= 0.6 is 15.9 Å². The van der Waals surface area contributed by atoms with Gasteiger partial charge >= 0.3 is 0 Å². The maximum Gasteiger partial charge on any atom is 0.240 e. The third-order valence-corrected chi connectivity index (χ3v) is 5.64. The summed E-state index contributed by atoms with van der Waals surface area (Å²) in [5, 5.41) is 0. The highest BCUT2D eigenvalue weighted by atomic mass is 79.9. The maximum absolute atomic E-state index is 12.3. The summed E-state index contributed by atoms with van der Waals surface area (Å²) in [7, 11) is -2.07. The van der Waals surface area contributed by atoms with E-state index in [1.165, 1.54) is 24.8 Å². The fraction of sp³-hybridized carbons (Fsp3) is 0.333. The Kier molecular flexibility index (Phi) is 7.28. The fourth-order valence-electron chi connectivity index (χ4n) is 2.28. The zero-order valence-electron chi connectivity index (χ0n) is 14.3. The van der Waals surface area contributed by atoms with Crippen LogP contribution in [0.5, 0.6) is 11.5 Å². The van der Waals surface area contributed by atoms with Crippen LogP contribution in [0, 0.1) is 0 Å². The van der Waals surface area contributed by atoms with Crippen molar-refractivity contribution in [1.29, 1.82) is 0 Å². The Bertz CT molecular complexity index is 791. The monoisotopic (exact) mass is 427 g/mol. The second-order valence-electron chi connectivity index (χ2n) is 5.44. The van der Waals surface area contributed by atoms with Crippen molar-refractivity contribution >= 4 is 26.0 Å². The van der Waals surface area contributed by atoms with Gasteiger partial charge in [-0.1, -0.05) is 25.5 Å². The zero-order valence-corrected chi connectivity index (χ0v) is 16.7. The summed E-state index contributed by atoms with van der Waals surface area (Å²) in [5.41, 5.74) is 1.26. The minimum atomic E-state index is -3.59. The van der Waals surface area contributed by atoms with Crippen molar-refractivity contribution in [2.75, 3.05) is 20.3 Å². The van der Waals surface area contributed by atoms with Crippen molar-refractivity contribution < 1.29 is 17.9 Å². The predicted molar refractivity (Wildman–Crippen MR) is 102 cm³/mol.